The molecule has 1 saturated carbocycles. The third-order valence-corrected chi connectivity index (χ3v) is 5.29. The van der Waals surface area contributed by atoms with Crippen LogP contribution in [0.4, 0.5) is 5.82 Å². The Bertz CT molecular complexity index is 900. The van der Waals surface area contributed by atoms with Gasteiger partial charge >= 0.3 is 0 Å². The minimum atomic E-state index is -0.0484. The topological polar surface area (TPSA) is 78.1 Å². The summed E-state index contributed by atoms with van der Waals surface area (Å²) < 4.78 is 0. The fraction of sp³-hybridized carbons (Fsp3) is 0.421. The molecule has 4 rings (SSSR count). The summed E-state index contributed by atoms with van der Waals surface area (Å²) in [6, 6.07) is 3.94. The van der Waals surface area contributed by atoms with Crippen LogP contribution in [0.1, 0.15) is 25.3 Å². The summed E-state index contributed by atoms with van der Waals surface area (Å²) in [6.45, 7) is 3.28. The fourth-order valence-electron chi connectivity index (χ4n) is 3.49. The van der Waals surface area contributed by atoms with E-state index in [0.717, 1.165) is 35.0 Å². The Morgan fingerprint density at radius 1 is 1.42 bits per heavy atom. The molecule has 0 radical (unpaired) electrons. The van der Waals surface area contributed by atoms with Gasteiger partial charge in [0.1, 0.15) is 17.3 Å². The van der Waals surface area contributed by atoms with Crippen LogP contribution in [-0.2, 0) is 9.59 Å². The zero-order chi connectivity index (χ0) is 18.3. The summed E-state index contributed by atoms with van der Waals surface area (Å²) in [5.74, 6) is 0.863. The maximum absolute atomic E-state index is 12.1. The van der Waals surface area contributed by atoms with Gasteiger partial charge in [-0.05, 0) is 42.0 Å². The van der Waals surface area contributed by atoms with Crippen LogP contribution in [0, 0.1) is 11.8 Å². The summed E-state index contributed by atoms with van der Waals surface area (Å²) >= 11 is 5.69. The molecule has 136 valence electrons. The van der Waals surface area contributed by atoms with Crippen LogP contribution in [0.25, 0.3) is 16.6 Å². The number of alkyl halides is 1. The van der Waals surface area contributed by atoms with Crippen molar-refractivity contribution in [1.29, 1.82) is 0 Å². The number of carbonyl (C=O) groups is 2. The van der Waals surface area contributed by atoms with E-state index in [1.54, 1.807) is 4.90 Å². The minimum Gasteiger partial charge on any atom is -0.346 e. The minimum absolute atomic E-state index is 0.00452. The molecule has 0 spiro atoms. The number of aromatic amines is 1. The second kappa shape index (κ2) is 6.76. The van der Waals surface area contributed by atoms with Gasteiger partial charge in [-0.2, -0.15) is 0 Å². The van der Waals surface area contributed by atoms with Crippen LogP contribution < -0.4 is 5.32 Å². The Morgan fingerprint density at radius 2 is 2.23 bits per heavy atom. The highest BCUT2D eigenvalue weighted by Crippen LogP contribution is 2.35. The lowest BCUT2D eigenvalue weighted by Crippen LogP contribution is -2.38. The van der Waals surface area contributed by atoms with Crippen LogP contribution in [0.2, 0.25) is 0 Å². The number of halogens is 1. The van der Waals surface area contributed by atoms with Crippen molar-refractivity contribution in [3.63, 3.8) is 0 Å². The number of hydrogen-bond donors (Lipinski definition) is 2. The van der Waals surface area contributed by atoms with Gasteiger partial charge in [-0.15, -0.1) is 11.6 Å². The second-order valence-electron chi connectivity index (χ2n) is 7.05. The largest absolute Gasteiger partial charge is 0.346 e. The maximum Gasteiger partial charge on any atom is 0.237 e. The number of amides is 2. The lowest BCUT2D eigenvalue weighted by atomic mass is 9.89. The lowest BCUT2D eigenvalue weighted by molar-refractivity contribution is -0.128. The molecule has 2 N–H and O–H groups in total. The number of anilines is 1. The molecule has 2 amide bonds. The van der Waals surface area contributed by atoms with Crippen LogP contribution in [0.15, 0.2) is 24.4 Å². The molecule has 0 bridgehead atoms. The predicted molar refractivity (Wildman–Crippen MR) is 102 cm³/mol. The van der Waals surface area contributed by atoms with Crippen molar-refractivity contribution in [2.45, 2.75) is 19.8 Å². The average Bonchev–Trinajstić information content (AvgIpc) is 3.39. The van der Waals surface area contributed by atoms with E-state index in [4.69, 9.17) is 11.6 Å². The van der Waals surface area contributed by atoms with Gasteiger partial charge in [-0.1, -0.05) is 13.0 Å². The molecule has 1 aliphatic carbocycles. The van der Waals surface area contributed by atoms with Gasteiger partial charge in [0.25, 0.3) is 0 Å². The number of hydrogen-bond acceptors (Lipinski definition) is 3. The molecule has 1 aliphatic heterocycles. The Morgan fingerprint density at radius 3 is 2.92 bits per heavy atom. The molecule has 2 aromatic rings. The molecule has 2 aromatic heterocycles. The number of nitrogens with one attached hydrogen (secondary N) is 2. The molecule has 1 atom stereocenters. The number of nitrogens with zero attached hydrogens (tertiary/aromatic N) is 2. The van der Waals surface area contributed by atoms with Crippen LogP contribution >= 0.6 is 11.6 Å². The Labute approximate surface area is 156 Å². The van der Waals surface area contributed by atoms with E-state index in [1.807, 2.05) is 18.3 Å². The summed E-state index contributed by atoms with van der Waals surface area (Å²) in [5, 5.41) is 3.96. The fourth-order valence-corrected chi connectivity index (χ4v) is 3.66. The van der Waals surface area contributed by atoms with E-state index < -0.39 is 0 Å². The van der Waals surface area contributed by atoms with Gasteiger partial charge in [-0.3, -0.25) is 9.59 Å². The van der Waals surface area contributed by atoms with Crippen LogP contribution in [-0.4, -0.2) is 45.7 Å². The SMILES string of the molecule is C[C@@H]1CN(C(=O)CCl)CC=C1c1cc(NC(=O)C2CC2)nc2[nH]ccc12. The zero-order valence-electron chi connectivity index (χ0n) is 14.6. The highest BCUT2D eigenvalue weighted by Gasteiger charge is 2.30. The second-order valence-corrected chi connectivity index (χ2v) is 7.32. The first kappa shape index (κ1) is 17.1. The van der Waals surface area contributed by atoms with Crippen molar-refractivity contribution in [2.75, 3.05) is 24.3 Å². The van der Waals surface area contributed by atoms with Gasteiger partial charge in [-0.25, -0.2) is 4.98 Å². The summed E-state index contributed by atoms with van der Waals surface area (Å²) in [4.78, 5) is 33.4. The maximum atomic E-state index is 12.1. The first-order valence-corrected chi connectivity index (χ1v) is 9.43. The number of fused-ring (bicyclic) bond motifs is 1. The highest BCUT2D eigenvalue weighted by atomic mass is 35.5. The molecule has 7 heteroatoms. The zero-order valence-corrected chi connectivity index (χ0v) is 15.3. The molecule has 6 nitrogen and oxygen atoms in total. The number of rotatable bonds is 4. The predicted octanol–water partition coefficient (Wildman–Crippen LogP) is 3.01. The van der Waals surface area contributed by atoms with Crippen molar-refractivity contribution in [2.24, 2.45) is 11.8 Å². The molecule has 26 heavy (non-hydrogen) atoms. The molecule has 3 heterocycles. The molecule has 0 unspecified atom stereocenters. The number of H-pyrrole nitrogens is 1. The van der Waals surface area contributed by atoms with Gasteiger partial charge in [0.2, 0.25) is 11.8 Å². The van der Waals surface area contributed by atoms with E-state index in [1.165, 1.54) is 0 Å². The average molecular weight is 373 g/mol. The van der Waals surface area contributed by atoms with Crippen molar-refractivity contribution in [3.05, 3.63) is 30.0 Å². The molecule has 0 saturated heterocycles. The lowest BCUT2D eigenvalue weighted by Gasteiger charge is -2.31. The summed E-state index contributed by atoms with van der Waals surface area (Å²) in [7, 11) is 0. The molecule has 2 aliphatic rings. The Kier molecular flexibility index (Phi) is 4.44. The standard InChI is InChI=1S/C19H21ClN4O2/c1-11-10-24(17(25)9-20)7-5-13(11)15-8-16(23-19(26)12-2-3-12)22-18-14(15)4-6-21-18/h4-6,8,11-12H,2-3,7,9-10H2,1H3,(H2,21,22,23,26)/t11-/m1/s1. The van der Waals surface area contributed by atoms with Gasteiger partial charge in [0.15, 0.2) is 0 Å². The third-order valence-electron chi connectivity index (χ3n) is 5.06. The van der Waals surface area contributed by atoms with Crippen molar-refractivity contribution in [1.82, 2.24) is 14.9 Å². The monoisotopic (exact) mass is 372 g/mol. The quantitative estimate of drug-likeness (QED) is 0.810. The number of carbonyl (C=O) groups excluding carboxylic acids is 2. The third kappa shape index (κ3) is 3.21. The number of aromatic nitrogens is 2. The van der Waals surface area contributed by atoms with Crippen LogP contribution in [0.5, 0.6) is 0 Å². The van der Waals surface area contributed by atoms with E-state index in [-0.39, 0.29) is 29.5 Å². The molecule has 1 fully saturated rings. The molecular formula is C19H21ClN4O2. The van der Waals surface area contributed by atoms with E-state index in [2.05, 4.69) is 28.3 Å². The summed E-state index contributed by atoms with van der Waals surface area (Å²) in [5.41, 5.74) is 2.96. The van der Waals surface area contributed by atoms with E-state index in [9.17, 15) is 9.59 Å². The van der Waals surface area contributed by atoms with Gasteiger partial charge in [0.05, 0.1) is 0 Å². The van der Waals surface area contributed by atoms with Gasteiger partial charge < -0.3 is 15.2 Å². The first-order chi connectivity index (χ1) is 12.6. The number of pyridine rings is 1. The molecule has 0 aromatic carbocycles. The highest BCUT2D eigenvalue weighted by molar-refractivity contribution is 6.27. The van der Waals surface area contributed by atoms with E-state index in [0.29, 0.717) is 18.9 Å². The van der Waals surface area contributed by atoms with E-state index >= 15 is 0 Å². The van der Waals surface area contributed by atoms with Crippen molar-refractivity contribution >= 4 is 45.8 Å². The van der Waals surface area contributed by atoms with Crippen LogP contribution in [0.3, 0.4) is 0 Å². The Hall–Kier alpha value is -2.34. The smallest absolute Gasteiger partial charge is 0.237 e. The molecular weight excluding hydrogens is 352 g/mol. The Balaban J connectivity index is 1.68. The van der Waals surface area contributed by atoms with Crippen molar-refractivity contribution in [3.8, 4) is 0 Å². The van der Waals surface area contributed by atoms with Gasteiger partial charge in [0, 0.05) is 30.6 Å². The van der Waals surface area contributed by atoms with Crippen molar-refractivity contribution < 1.29 is 9.59 Å². The first-order valence-electron chi connectivity index (χ1n) is 8.90. The summed E-state index contributed by atoms with van der Waals surface area (Å²) in [6.07, 6.45) is 5.84. The normalized spacial score (nSPS) is 20.2.